The van der Waals surface area contributed by atoms with E-state index in [9.17, 15) is 0 Å². The van der Waals surface area contributed by atoms with E-state index in [1.165, 1.54) is 0 Å². The lowest BCUT2D eigenvalue weighted by molar-refractivity contribution is 0.911. The zero-order chi connectivity index (χ0) is 11.1. The maximum absolute atomic E-state index is 8.15. The van der Waals surface area contributed by atoms with Gasteiger partial charge in [0.05, 0.1) is 6.54 Å². The van der Waals surface area contributed by atoms with Gasteiger partial charge < -0.3 is 0 Å². The van der Waals surface area contributed by atoms with Crippen molar-refractivity contribution in [3.63, 3.8) is 0 Å². The molecular weight excluding hydrogens is 226 g/mol. The van der Waals surface area contributed by atoms with E-state index in [0.29, 0.717) is 6.54 Å². The summed E-state index contributed by atoms with van der Waals surface area (Å²) in [7, 11) is -0.555. The first kappa shape index (κ1) is 12.0. The molecule has 0 saturated heterocycles. The Labute approximate surface area is 94.6 Å². The summed E-state index contributed by atoms with van der Waals surface area (Å²) >= 11 is 1.70. The average Bonchev–Trinajstić information content (AvgIpc) is 2.25. The minimum absolute atomic E-state index is 0.320. The third kappa shape index (κ3) is 4.82. The van der Waals surface area contributed by atoms with E-state index < -0.39 is 8.80 Å². The molecule has 0 unspecified atom stereocenters. The molecule has 0 amide bonds. The highest BCUT2D eigenvalue weighted by molar-refractivity contribution is 8.00. The Morgan fingerprint density at radius 2 is 2.13 bits per heavy atom. The maximum atomic E-state index is 8.15. The lowest BCUT2D eigenvalue weighted by atomic mass is 10.4. The second-order valence-corrected chi connectivity index (χ2v) is 8.24. The number of nitrogens with zero attached hydrogens (tertiary/aromatic N) is 5. The smallest absolute Gasteiger partial charge is 0.187 e. The molecule has 1 aromatic heterocycles. The van der Waals surface area contributed by atoms with Crippen LogP contribution in [0, 0.1) is 0 Å². The molecule has 0 aliphatic rings. The van der Waals surface area contributed by atoms with Crippen molar-refractivity contribution in [2.24, 2.45) is 5.11 Å². The second-order valence-electron chi connectivity index (χ2n) is 3.47. The molecule has 15 heavy (non-hydrogen) atoms. The van der Waals surface area contributed by atoms with Crippen molar-refractivity contribution in [2.75, 3.05) is 5.38 Å². The molecule has 0 aliphatic heterocycles. The molecule has 0 aliphatic carbocycles. The fourth-order valence-electron chi connectivity index (χ4n) is 0.854. The van der Waals surface area contributed by atoms with E-state index in [4.69, 9.17) is 5.53 Å². The lowest BCUT2D eigenvalue weighted by Crippen LogP contribution is -2.04. The average molecular weight is 239 g/mol. The first-order valence-electron chi connectivity index (χ1n) is 4.67. The normalized spacial score (nSPS) is 10.1. The number of aromatic nitrogens is 2. The summed E-state index contributed by atoms with van der Waals surface area (Å²) in [5, 5.41) is 5.40. The number of thioether (sulfide) groups is 1. The molecule has 0 aromatic carbocycles. The van der Waals surface area contributed by atoms with Crippen molar-refractivity contribution in [3.8, 4) is 0 Å². The minimum atomic E-state index is -0.555. The Bertz CT molecular complexity index is 347. The van der Waals surface area contributed by atoms with Crippen LogP contribution in [0.2, 0.25) is 13.1 Å². The van der Waals surface area contributed by atoms with E-state index in [1.807, 2.05) is 0 Å². The van der Waals surface area contributed by atoms with Crippen LogP contribution in [0.15, 0.2) is 22.7 Å². The molecule has 0 saturated carbocycles. The van der Waals surface area contributed by atoms with Crippen LogP contribution in [0.25, 0.3) is 10.4 Å². The van der Waals surface area contributed by atoms with Crippen LogP contribution in [-0.2, 0) is 6.54 Å². The molecule has 0 spiro atoms. The predicted molar refractivity (Wildman–Crippen MR) is 64.5 cm³/mol. The summed E-state index contributed by atoms with van der Waals surface area (Å²) in [6.07, 6.45) is 3.43. The van der Waals surface area contributed by atoms with Gasteiger partial charge in [-0.1, -0.05) is 30.0 Å². The topological polar surface area (TPSA) is 74.5 Å². The van der Waals surface area contributed by atoms with Gasteiger partial charge in [0.25, 0.3) is 0 Å². The molecule has 0 N–H and O–H groups in total. The summed E-state index contributed by atoms with van der Waals surface area (Å²) in [6.45, 7) is 4.91. The van der Waals surface area contributed by atoms with E-state index in [1.54, 1.807) is 24.2 Å². The molecule has 1 heterocycles. The minimum Gasteiger partial charge on any atom is -0.231 e. The van der Waals surface area contributed by atoms with E-state index >= 15 is 0 Å². The van der Waals surface area contributed by atoms with Gasteiger partial charge >= 0.3 is 0 Å². The molecular formula is C8H13N5SSi. The molecule has 0 atom stereocenters. The van der Waals surface area contributed by atoms with Gasteiger partial charge in [-0.2, -0.15) is 0 Å². The Morgan fingerprint density at radius 1 is 1.47 bits per heavy atom. The van der Waals surface area contributed by atoms with Crippen molar-refractivity contribution >= 4 is 20.6 Å². The van der Waals surface area contributed by atoms with Crippen molar-refractivity contribution in [2.45, 2.75) is 24.8 Å². The summed E-state index contributed by atoms with van der Waals surface area (Å²) in [6, 6.07) is 0. The summed E-state index contributed by atoms with van der Waals surface area (Å²) in [5.41, 5.74) is 8.99. The SMILES string of the molecule is C[SiH](C)CSc1ncc(CN=[N+]=[N-])cn1. The zero-order valence-electron chi connectivity index (χ0n) is 8.79. The number of azide groups is 1. The van der Waals surface area contributed by atoms with Gasteiger partial charge in [0.15, 0.2) is 5.16 Å². The summed E-state index contributed by atoms with van der Waals surface area (Å²) in [5.74, 6) is 0. The van der Waals surface area contributed by atoms with Crippen molar-refractivity contribution in [3.05, 3.63) is 28.4 Å². The quantitative estimate of drug-likeness (QED) is 0.198. The molecule has 0 radical (unpaired) electrons. The summed E-state index contributed by atoms with van der Waals surface area (Å²) < 4.78 is 0. The first-order chi connectivity index (χ1) is 7.22. The van der Waals surface area contributed by atoms with Gasteiger partial charge in [-0.15, -0.1) is 0 Å². The molecule has 1 rings (SSSR count). The maximum Gasteiger partial charge on any atom is 0.187 e. The van der Waals surface area contributed by atoms with Gasteiger partial charge in [-0.05, 0) is 16.5 Å². The molecule has 5 nitrogen and oxygen atoms in total. The standard InChI is InChI=1S/C8H13N5SSi/c1-15(2)6-14-8-10-3-7(4-11-8)5-12-13-9/h3-4,15H,5-6H2,1-2H3. The third-order valence-electron chi connectivity index (χ3n) is 1.54. The Hall–Kier alpha value is -1.04. The van der Waals surface area contributed by atoms with E-state index in [0.717, 1.165) is 16.1 Å². The Morgan fingerprint density at radius 3 is 2.67 bits per heavy atom. The van der Waals surface area contributed by atoms with Gasteiger partial charge in [0.2, 0.25) is 0 Å². The molecule has 80 valence electrons. The van der Waals surface area contributed by atoms with Crippen molar-refractivity contribution in [1.82, 2.24) is 9.97 Å². The van der Waals surface area contributed by atoms with Gasteiger partial charge in [0, 0.05) is 26.1 Å². The highest BCUT2D eigenvalue weighted by Crippen LogP contribution is 2.13. The van der Waals surface area contributed by atoms with E-state index in [2.05, 4.69) is 33.1 Å². The fraction of sp³-hybridized carbons (Fsp3) is 0.500. The zero-order valence-corrected chi connectivity index (χ0v) is 10.8. The number of hydrogen-bond donors (Lipinski definition) is 0. The number of rotatable bonds is 5. The monoisotopic (exact) mass is 239 g/mol. The van der Waals surface area contributed by atoms with Crippen molar-refractivity contribution < 1.29 is 0 Å². The van der Waals surface area contributed by atoms with E-state index in [-0.39, 0.29) is 0 Å². The van der Waals surface area contributed by atoms with Crippen LogP contribution in [-0.4, -0.2) is 24.1 Å². The highest BCUT2D eigenvalue weighted by Gasteiger charge is 2.01. The van der Waals surface area contributed by atoms with Gasteiger partial charge in [-0.3, -0.25) is 0 Å². The van der Waals surface area contributed by atoms with Crippen LogP contribution >= 0.6 is 11.8 Å². The number of hydrogen-bond acceptors (Lipinski definition) is 4. The first-order valence-corrected chi connectivity index (χ1v) is 8.78. The molecule has 1 aromatic rings. The highest BCUT2D eigenvalue weighted by atomic mass is 32.2. The summed E-state index contributed by atoms with van der Waals surface area (Å²) in [4.78, 5) is 11.1. The third-order valence-corrected chi connectivity index (χ3v) is 5.35. The Kier molecular flexibility index (Phi) is 5.17. The second kappa shape index (κ2) is 6.44. The lowest BCUT2D eigenvalue weighted by Gasteiger charge is -2.01. The van der Waals surface area contributed by atoms with Gasteiger partial charge in [0.1, 0.15) is 0 Å². The largest absolute Gasteiger partial charge is 0.231 e. The van der Waals surface area contributed by atoms with Crippen LogP contribution in [0.3, 0.4) is 0 Å². The molecule has 0 fully saturated rings. The molecule has 0 bridgehead atoms. The van der Waals surface area contributed by atoms with Crippen LogP contribution in [0.4, 0.5) is 0 Å². The van der Waals surface area contributed by atoms with Gasteiger partial charge in [-0.25, -0.2) is 9.97 Å². The fourth-order valence-corrected chi connectivity index (χ4v) is 3.04. The van der Waals surface area contributed by atoms with Crippen molar-refractivity contribution in [1.29, 1.82) is 0 Å². The van der Waals surface area contributed by atoms with Crippen LogP contribution < -0.4 is 0 Å². The Balaban J connectivity index is 2.52. The van der Waals surface area contributed by atoms with Crippen LogP contribution in [0.1, 0.15) is 5.56 Å². The van der Waals surface area contributed by atoms with Crippen LogP contribution in [0.5, 0.6) is 0 Å². The predicted octanol–water partition coefficient (Wildman–Crippen LogP) is 2.40. The molecule has 7 heteroatoms.